The number of pyridine rings is 1. The number of aryl methyl sites for hydroxylation is 1. The van der Waals surface area contributed by atoms with Crippen LogP contribution in [0.5, 0.6) is 0 Å². The summed E-state index contributed by atoms with van der Waals surface area (Å²) in [4.78, 5) is 4.23. The molecule has 0 radical (unpaired) electrons. The third-order valence-electron chi connectivity index (χ3n) is 3.56. The smallest absolute Gasteiger partial charge is 0.0308 e. The SMILES string of the molecule is Cc1ccncc1C1(CN)CCCC1. The number of rotatable bonds is 2. The molecule has 1 saturated carbocycles. The van der Waals surface area contributed by atoms with Gasteiger partial charge in [-0.25, -0.2) is 0 Å². The molecule has 2 N–H and O–H groups in total. The standard InChI is InChI=1S/C12H18N2/c1-10-4-7-14-8-11(10)12(9-13)5-2-3-6-12/h4,7-8H,2-3,5-6,9,13H2,1H3. The van der Waals surface area contributed by atoms with E-state index in [0.29, 0.717) is 0 Å². The van der Waals surface area contributed by atoms with Gasteiger partial charge in [0.2, 0.25) is 0 Å². The van der Waals surface area contributed by atoms with E-state index in [0.717, 1.165) is 6.54 Å². The molecule has 1 aromatic heterocycles. The van der Waals surface area contributed by atoms with Gasteiger partial charge < -0.3 is 5.73 Å². The first-order valence-corrected chi connectivity index (χ1v) is 5.40. The van der Waals surface area contributed by atoms with Crippen LogP contribution < -0.4 is 5.73 Å². The largest absolute Gasteiger partial charge is 0.330 e. The predicted molar refractivity (Wildman–Crippen MR) is 58.2 cm³/mol. The van der Waals surface area contributed by atoms with E-state index in [1.54, 1.807) is 0 Å². The lowest BCUT2D eigenvalue weighted by atomic mass is 9.78. The van der Waals surface area contributed by atoms with Crippen molar-refractivity contribution in [1.82, 2.24) is 4.98 Å². The molecule has 1 aromatic rings. The molecule has 76 valence electrons. The summed E-state index contributed by atoms with van der Waals surface area (Å²) >= 11 is 0. The maximum absolute atomic E-state index is 5.94. The van der Waals surface area contributed by atoms with Crippen LogP contribution in [0.1, 0.15) is 36.8 Å². The van der Waals surface area contributed by atoms with Crippen LogP contribution in [0.2, 0.25) is 0 Å². The Kier molecular flexibility index (Phi) is 2.55. The van der Waals surface area contributed by atoms with Crippen LogP contribution in [-0.4, -0.2) is 11.5 Å². The van der Waals surface area contributed by atoms with Crippen molar-refractivity contribution in [2.24, 2.45) is 5.73 Å². The Balaban J connectivity index is 2.41. The minimum absolute atomic E-state index is 0.234. The lowest BCUT2D eigenvalue weighted by Gasteiger charge is -2.28. The van der Waals surface area contributed by atoms with Crippen molar-refractivity contribution in [1.29, 1.82) is 0 Å². The molecule has 0 unspecified atom stereocenters. The summed E-state index contributed by atoms with van der Waals surface area (Å²) in [5.41, 5.74) is 8.89. The molecule has 1 fully saturated rings. The van der Waals surface area contributed by atoms with E-state index in [9.17, 15) is 0 Å². The number of hydrogen-bond acceptors (Lipinski definition) is 2. The highest BCUT2D eigenvalue weighted by Crippen LogP contribution is 2.40. The second kappa shape index (κ2) is 3.70. The fourth-order valence-corrected chi connectivity index (χ4v) is 2.65. The van der Waals surface area contributed by atoms with Crippen molar-refractivity contribution in [3.05, 3.63) is 29.6 Å². The first-order chi connectivity index (χ1) is 6.78. The zero-order chi connectivity index (χ0) is 10.0. The van der Waals surface area contributed by atoms with Gasteiger partial charge in [0.1, 0.15) is 0 Å². The predicted octanol–water partition coefficient (Wildman–Crippen LogP) is 2.16. The third kappa shape index (κ3) is 1.44. The van der Waals surface area contributed by atoms with Gasteiger partial charge in [0.15, 0.2) is 0 Å². The van der Waals surface area contributed by atoms with Crippen molar-refractivity contribution >= 4 is 0 Å². The molecule has 2 nitrogen and oxygen atoms in total. The summed E-state index contributed by atoms with van der Waals surface area (Å²) in [7, 11) is 0. The van der Waals surface area contributed by atoms with Crippen LogP contribution in [0.4, 0.5) is 0 Å². The highest BCUT2D eigenvalue weighted by atomic mass is 14.7. The summed E-state index contributed by atoms with van der Waals surface area (Å²) in [5, 5.41) is 0. The Morgan fingerprint density at radius 1 is 1.43 bits per heavy atom. The third-order valence-corrected chi connectivity index (χ3v) is 3.56. The van der Waals surface area contributed by atoms with Gasteiger partial charge in [-0.1, -0.05) is 12.8 Å². The van der Waals surface area contributed by atoms with E-state index >= 15 is 0 Å². The molecule has 0 bridgehead atoms. The molecular formula is C12H18N2. The van der Waals surface area contributed by atoms with Crippen LogP contribution >= 0.6 is 0 Å². The Morgan fingerprint density at radius 3 is 2.71 bits per heavy atom. The van der Waals surface area contributed by atoms with Gasteiger partial charge in [-0.3, -0.25) is 4.98 Å². The minimum Gasteiger partial charge on any atom is -0.330 e. The number of nitrogens with zero attached hydrogens (tertiary/aromatic N) is 1. The molecule has 0 aromatic carbocycles. The van der Waals surface area contributed by atoms with E-state index < -0.39 is 0 Å². The van der Waals surface area contributed by atoms with Crippen LogP contribution in [-0.2, 0) is 5.41 Å². The van der Waals surface area contributed by atoms with Crippen LogP contribution in [0, 0.1) is 6.92 Å². The molecule has 0 atom stereocenters. The summed E-state index contributed by atoms with van der Waals surface area (Å²) in [6.45, 7) is 2.92. The lowest BCUT2D eigenvalue weighted by molar-refractivity contribution is 0.449. The van der Waals surface area contributed by atoms with Crippen LogP contribution in [0.15, 0.2) is 18.5 Å². The topological polar surface area (TPSA) is 38.9 Å². The maximum atomic E-state index is 5.94. The Hall–Kier alpha value is -0.890. The molecule has 1 aliphatic carbocycles. The average molecular weight is 190 g/mol. The number of aromatic nitrogens is 1. The second-order valence-electron chi connectivity index (χ2n) is 4.38. The fraction of sp³-hybridized carbons (Fsp3) is 0.583. The Morgan fingerprint density at radius 2 is 2.14 bits per heavy atom. The van der Waals surface area contributed by atoms with E-state index in [4.69, 9.17) is 5.73 Å². The zero-order valence-electron chi connectivity index (χ0n) is 8.79. The maximum Gasteiger partial charge on any atom is 0.0308 e. The molecular weight excluding hydrogens is 172 g/mol. The molecule has 0 saturated heterocycles. The molecule has 0 amide bonds. The zero-order valence-corrected chi connectivity index (χ0v) is 8.79. The van der Waals surface area contributed by atoms with Crippen molar-refractivity contribution in [3.63, 3.8) is 0 Å². The highest BCUT2D eigenvalue weighted by Gasteiger charge is 2.35. The quantitative estimate of drug-likeness (QED) is 0.776. The van der Waals surface area contributed by atoms with E-state index in [1.807, 2.05) is 12.4 Å². The van der Waals surface area contributed by atoms with Gasteiger partial charge in [-0.2, -0.15) is 0 Å². The summed E-state index contributed by atoms with van der Waals surface area (Å²) in [6, 6.07) is 2.09. The van der Waals surface area contributed by atoms with E-state index in [1.165, 1.54) is 36.8 Å². The van der Waals surface area contributed by atoms with Crippen molar-refractivity contribution in [2.45, 2.75) is 38.0 Å². The summed E-state index contributed by atoms with van der Waals surface area (Å²) in [6.07, 6.45) is 8.95. The van der Waals surface area contributed by atoms with Gasteiger partial charge in [-0.05, 0) is 37.0 Å². The first kappa shape index (κ1) is 9.66. The Bertz CT molecular complexity index is 314. The average Bonchev–Trinajstić information content (AvgIpc) is 2.68. The van der Waals surface area contributed by atoms with Crippen molar-refractivity contribution in [2.75, 3.05) is 6.54 Å². The van der Waals surface area contributed by atoms with Gasteiger partial charge >= 0.3 is 0 Å². The van der Waals surface area contributed by atoms with Crippen LogP contribution in [0.25, 0.3) is 0 Å². The summed E-state index contributed by atoms with van der Waals surface area (Å²) < 4.78 is 0. The highest BCUT2D eigenvalue weighted by molar-refractivity contribution is 5.31. The van der Waals surface area contributed by atoms with Gasteiger partial charge in [0.25, 0.3) is 0 Å². The van der Waals surface area contributed by atoms with Gasteiger partial charge in [0.05, 0.1) is 0 Å². The summed E-state index contributed by atoms with van der Waals surface area (Å²) in [5.74, 6) is 0. The van der Waals surface area contributed by atoms with Crippen molar-refractivity contribution < 1.29 is 0 Å². The second-order valence-corrected chi connectivity index (χ2v) is 4.38. The number of hydrogen-bond donors (Lipinski definition) is 1. The first-order valence-electron chi connectivity index (χ1n) is 5.40. The normalized spacial score (nSPS) is 19.9. The monoisotopic (exact) mass is 190 g/mol. The fourth-order valence-electron chi connectivity index (χ4n) is 2.65. The molecule has 1 heterocycles. The minimum atomic E-state index is 0.234. The molecule has 0 spiro atoms. The van der Waals surface area contributed by atoms with Gasteiger partial charge in [0, 0.05) is 24.4 Å². The molecule has 2 rings (SSSR count). The van der Waals surface area contributed by atoms with Crippen LogP contribution in [0.3, 0.4) is 0 Å². The van der Waals surface area contributed by atoms with Crippen molar-refractivity contribution in [3.8, 4) is 0 Å². The Labute approximate surface area is 85.5 Å². The molecule has 14 heavy (non-hydrogen) atoms. The molecule has 1 aliphatic rings. The van der Waals surface area contributed by atoms with E-state index in [-0.39, 0.29) is 5.41 Å². The van der Waals surface area contributed by atoms with Gasteiger partial charge in [-0.15, -0.1) is 0 Å². The number of nitrogens with two attached hydrogens (primary N) is 1. The molecule has 0 aliphatic heterocycles. The molecule has 2 heteroatoms. The lowest BCUT2D eigenvalue weighted by Crippen LogP contribution is -2.32. The van der Waals surface area contributed by atoms with E-state index in [2.05, 4.69) is 18.0 Å².